The van der Waals surface area contributed by atoms with Crippen molar-refractivity contribution in [2.75, 3.05) is 0 Å². The second-order valence-electron chi connectivity index (χ2n) is 6.19. The van der Waals surface area contributed by atoms with E-state index in [2.05, 4.69) is 46.9 Å². The van der Waals surface area contributed by atoms with Crippen molar-refractivity contribution in [1.29, 1.82) is 0 Å². The highest BCUT2D eigenvalue weighted by molar-refractivity contribution is 7.09. The highest BCUT2D eigenvalue weighted by Crippen LogP contribution is 2.47. The Morgan fingerprint density at radius 3 is 2.85 bits per heavy atom. The van der Waals surface area contributed by atoms with Gasteiger partial charge in [0, 0.05) is 17.6 Å². The molecule has 2 nitrogen and oxygen atoms in total. The third-order valence-electron chi connectivity index (χ3n) is 4.73. The van der Waals surface area contributed by atoms with Crippen molar-refractivity contribution in [3.8, 4) is 0 Å². The average molecular weight is 284 g/mol. The molecular formula is C17H20N2S. The predicted octanol–water partition coefficient (Wildman–Crippen LogP) is 4.04. The number of rotatable bonds is 3. The minimum Gasteiger partial charge on any atom is -0.299 e. The van der Waals surface area contributed by atoms with Gasteiger partial charge in [-0.05, 0) is 42.7 Å². The first-order chi connectivity index (χ1) is 9.79. The maximum absolute atomic E-state index is 4.67. The van der Waals surface area contributed by atoms with Gasteiger partial charge in [-0.25, -0.2) is 4.98 Å². The minimum atomic E-state index is -0.0432. The zero-order valence-electron chi connectivity index (χ0n) is 11.8. The van der Waals surface area contributed by atoms with Gasteiger partial charge >= 0.3 is 0 Å². The monoisotopic (exact) mass is 284 g/mol. The fourth-order valence-electron chi connectivity index (χ4n) is 3.48. The highest BCUT2D eigenvalue weighted by Gasteiger charge is 2.44. The maximum atomic E-state index is 4.67. The topological polar surface area (TPSA) is 24.9 Å². The lowest BCUT2D eigenvalue weighted by Crippen LogP contribution is -2.47. The summed E-state index contributed by atoms with van der Waals surface area (Å²) in [6.07, 6.45) is 6.96. The van der Waals surface area contributed by atoms with Crippen LogP contribution in [0.5, 0.6) is 0 Å². The predicted molar refractivity (Wildman–Crippen MR) is 83.1 cm³/mol. The molecule has 0 amide bonds. The van der Waals surface area contributed by atoms with E-state index in [1.165, 1.54) is 35.4 Å². The average Bonchev–Trinajstić information content (AvgIpc) is 3.12. The van der Waals surface area contributed by atoms with Crippen LogP contribution in [0, 0.1) is 0 Å². The first kappa shape index (κ1) is 12.5. The molecule has 2 aliphatic rings. The lowest BCUT2D eigenvalue weighted by molar-refractivity contribution is 0.323. The van der Waals surface area contributed by atoms with Gasteiger partial charge in [-0.1, -0.05) is 31.2 Å². The van der Waals surface area contributed by atoms with Crippen molar-refractivity contribution in [1.82, 2.24) is 10.3 Å². The van der Waals surface area contributed by atoms with Gasteiger partial charge in [-0.3, -0.25) is 5.32 Å². The molecule has 0 bridgehead atoms. The molecule has 104 valence electrons. The van der Waals surface area contributed by atoms with Gasteiger partial charge in [0.25, 0.3) is 0 Å². The van der Waals surface area contributed by atoms with Crippen LogP contribution in [-0.2, 0) is 5.54 Å². The fraction of sp³-hybridized carbons (Fsp3) is 0.471. The molecule has 0 radical (unpaired) electrons. The van der Waals surface area contributed by atoms with Crippen LogP contribution < -0.4 is 5.32 Å². The molecule has 1 aromatic carbocycles. The quantitative estimate of drug-likeness (QED) is 0.920. The second-order valence-corrected chi connectivity index (χ2v) is 7.08. The standard InChI is InChI=1S/C17H20N2S/c1-12-8-9-17(19-13-6-7-13,16-18-10-11-20-16)15-5-3-2-4-14(12)15/h2-5,10-13,19H,6-9H2,1H3. The van der Waals surface area contributed by atoms with E-state index in [9.17, 15) is 0 Å². The van der Waals surface area contributed by atoms with Gasteiger partial charge in [0.05, 0.1) is 5.54 Å². The van der Waals surface area contributed by atoms with Crippen molar-refractivity contribution < 1.29 is 0 Å². The first-order valence-electron chi connectivity index (χ1n) is 7.57. The molecule has 1 N–H and O–H groups in total. The number of hydrogen-bond acceptors (Lipinski definition) is 3. The largest absolute Gasteiger partial charge is 0.299 e. The molecule has 0 saturated heterocycles. The summed E-state index contributed by atoms with van der Waals surface area (Å²) in [4.78, 5) is 4.67. The van der Waals surface area contributed by atoms with Crippen LogP contribution in [0.15, 0.2) is 35.8 Å². The Morgan fingerprint density at radius 2 is 2.10 bits per heavy atom. The van der Waals surface area contributed by atoms with E-state index in [0.717, 1.165) is 6.42 Å². The van der Waals surface area contributed by atoms with Crippen LogP contribution in [0.4, 0.5) is 0 Å². The van der Waals surface area contributed by atoms with Crippen molar-refractivity contribution in [2.45, 2.75) is 50.1 Å². The summed E-state index contributed by atoms with van der Waals surface area (Å²) < 4.78 is 0. The molecular weight excluding hydrogens is 264 g/mol. The summed E-state index contributed by atoms with van der Waals surface area (Å²) in [7, 11) is 0. The van der Waals surface area contributed by atoms with Crippen molar-refractivity contribution in [2.24, 2.45) is 0 Å². The summed E-state index contributed by atoms with van der Waals surface area (Å²) in [5.41, 5.74) is 2.92. The number of benzene rings is 1. The van der Waals surface area contributed by atoms with Gasteiger partial charge in [0.2, 0.25) is 0 Å². The van der Waals surface area contributed by atoms with Crippen LogP contribution in [0.25, 0.3) is 0 Å². The van der Waals surface area contributed by atoms with Gasteiger partial charge in [0.15, 0.2) is 0 Å². The van der Waals surface area contributed by atoms with Crippen LogP contribution in [0.1, 0.15) is 54.7 Å². The Labute approximate surface area is 124 Å². The van der Waals surface area contributed by atoms with E-state index in [1.54, 1.807) is 11.3 Å². The van der Waals surface area contributed by atoms with E-state index in [-0.39, 0.29) is 5.54 Å². The summed E-state index contributed by atoms with van der Waals surface area (Å²) in [5.74, 6) is 0.653. The van der Waals surface area contributed by atoms with E-state index in [1.807, 2.05) is 6.20 Å². The Morgan fingerprint density at radius 1 is 1.25 bits per heavy atom. The first-order valence-corrected chi connectivity index (χ1v) is 8.44. The molecule has 1 fully saturated rings. The SMILES string of the molecule is CC1CCC(NC2CC2)(c2nccs2)c2ccccc21. The molecule has 0 aliphatic heterocycles. The van der Waals surface area contributed by atoms with E-state index in [0.29, 0.717) is 12.0 Å². The van der Waals surface area contributed by atoms with Gasteiger partial charge in [-0.15, -0.1) is 11.3 Å². The fourth-order valence-corrected chi connectivity index (χ4v) is 4.33. The number of hydrogen-bond donors (Lipinski definition) is 1. The second kappa shape index (κ2) is 4.68. The number of nitrogens with one attached hydrogen (secondary N) is 1. The van der Waals surface area contributed by atoms with E-state index < -0.39 is 0 Å². The Balaban J connectivity index is 1.88. The smallest absolute Gasteiger partial charge is 0.117 e. The zero-order valence-corrected chi connectivity index (χ0v) is 12.6. The molecule has 0 spiro atoms. The lowest BCUT2D eigenvalue weighted by Gasteiger charge is -2.41. The maximum Gasteiger partial charge on any atom is 0.117 e. The molecule has 3 heteroatoms. The number of aromatic nitrogens is 1. The third-order valence-corrected chi connectivity index (χ3v) is 5.66. The molecule has 1 saturated carbocycles. The van der Waals surface area contributed by atoms with Crippen LogP contribution in [0.3, 0.4) is 0 Å². The highest BCUT2D eigenvalue weighted by atomic mass is 32.1. The van der Waals surface area contributed by atoms with Crippen LogP contribution in [0.2, 0.25) is 0 Å². The van der Waals surface area contributed by atoms with E-state index >= 15 is 0 Å². The Kier molecular flexibility index (Phi) is 2.93. The molecule has 1 heterocycles. The Bertz CT molecular complexity index is 603. The molecule has 20 heavy (non-hydrogen) atoms. The molecule has 2 aliphatic carbocycles. The summed E-state index contributed by atoms with van der Waals surface area (Å²) in [6, 6.07) is 9.64. The number of thiazole rings is 1. The van der Waals surface area contributed by atoms with Crippen LogP contribution >= 0.6 is 11.3 Å². The number of fused-ring (bicyclic) bond motifs is 1. The molecule has 2 atom stereocenters. The number of nitrogens with zero attached hydrogens (tertiary/aromatic N) is 1. The Hall–Kier alpha value is -1.19. The molecule has 2 aromatic rings. The minimum absolute atomic E-state index is 0.0432. The zero-order chi connectivity index (χ0) is 13.6. The molecule has 1 aromatic heterocycles. The van der Waals surface area contributed by atoms with Gasteiger partial charge < -0.3 is 0 Å². The van der Waals surface area contributed by atoms with Gasteiger partial charge in [-0.2, -0.15) is 0 Å². The van der Waals surface area contributed by atoms with Crippen LogP contribution in [-0.4, -0.2) is 11.0 Å². The van der Waals surface area contributed by atoms with Crippen molar-refractivity contribution in [3.63, 3.8) is 0 Å². The normalized spacial score (nSPS) is 29.1. The summed E-state index contributed by atoms with van der Waals surface area (Å²) >= 11 is 1.79. The lowest BCUT2D eigenvalue weighted by atomic mass is 9.72. The van der Waals surface area contributed by atoms with Crippen molar-refractivity contribution >= 4 is 11.3 Å². The van der Waals surface area contributed by atoms with E-state index in [4.69, 9.17) is 0 Å². The third kappa shape index (κ3) is 1.92. The van der Waals surface area contributed by atoms with Crippen molar-refractivity contribution in [3.05, 3.63) is 52.0 Å². The summed E-state index contributed by atoms with van der Waals surface area (Å²) in [6.45, 7) is 2.35. The molecule has 4 rings (SSSR count). The van der Waals surface area contributed by atoms with Gasteiger partial charge in [0.1, 0.15) is 5.01 Å². The molecule has 2 unspecified atom stereocenters. The summed E-state index contributed by atoms with van der Waals surface area (Å²) in [5, 5.41) is 7.28.